The lowest BCUT2D eigenvalue weighted by Crippen LogP contribution is -2.41. The Kier molecular flexibility index (Phi) is 4.55. The first-order valence-electron chi connectivity index (χ1n) is 9.50. The smallest absolute Gasteiger partial charge is 0.251 e. The van der Waals surface area contributed by atoms with Gasteiger partial charge in [-0.05, 0) is 49.8 Å². The van der Waals surface area contributed by atoms with Crippen LogP contribution in [-0.2, 0) is 13.0 Å². The number of carbonyl (C=O) groups is 1. The lowest BCUT2D eigenvalue weighted by atomic mass is 9.84. The van der Waals surface area contributed by atoms with Crippen molar-refractivity contribution < 1.29 is 4.79 Å². The number of nitrogens with one attached hydrogen (secondary N) is 1. The van der Waals surface area contributed by atoms with Gasteiger partial charge in [-0.15, -0.1) is 10.2 Å². The van der Waals surface area contributed by atoms with Crippen molar-refractivity contribution in [1.29, 1.82) is 0 Å². The lowest BCUT2D eigenvalue weighted by molar-refractivity contribution is 0.0927. The van der Waals surface area contributed by atoms with Crippen molar-refractivity contribution in [2.24, 2.45) is 0 Å². The molecule has 0 saturated heterocycles. The van der Waals surface area contributed by atoms with Crippen LogP contribution in [0.2, 0.25) is 0 Å². The van der Waals surface area contributed by atoms with Crippen LogP contribution in [0.4, 0.5) is 0 Å². The van der Waals surface area contributed by atoms with Crippen LogP contribution in [0.15, 0.2) is 24.3 Å². The Labute approximate surface area is 148 Å². The summed E-state index contributed by atoms with van der Waals surface area (Å²) >= 11 is 0. The summed E-state index contributed by atoms with van der Waals surface area (Å²) in [5, 5.41) is 11.5. The van der Waals surface area contributed by atoms with E-state index in [2.05, 4.69) is 32.2 Å². The molecule has 4 rings (SSSR count). The molecule has 5 nitrogen and oxygen atoms in total. The van der Waals surface area contributed by atoms with E-state index < -0.39 is 0 Å². The highest BCUT2D eigenvalue weighted by atomic mass is 16.1. The van der Waals surface area contributed by atoms with E-state index in [0.29, 0.717) is 5.92 Å². The van der Waals surface area contributed by atoms with Crippen LogP contribution in [0, 0.1) is 6.92 Å². The summed E-state index contributed by atoms with van der Waals surface area (Å²) in [6.07, 6.45) is 8.39. The molecule has 1 amide bonds. The Bertz CT molecular complexity index is 744. The third-order valence-electron chi connectivity index (χ3n) is 5.72. The number of aryl methyl sites for hydroxylation is 2. The molecule has 0 unspecified atom stereocenters. The van der Waals surface area contributed by atoms with Crippen molar-refractivity contribution >= 4 is 5.91 Å². The van der Waals surface area contributed by atoms with E-state index in [4.69, 9.17) is 0 Å². The van der Waals surface area contributed by atoms with E-state index in [-0.39, 0.29) is 11.9 Å². The van der Waals surface area contributed by atoms with Gasteiger partial charge in [0, 0.05) is 24.6 Å². The monoisotopic (exact) mass is 338 g/mol. The molecule has 1 aromatic carbocycles. The number of hydrogen-bond acceptors (Lipinski definition) is 3. The van der Waals surface area contributed by atoms with Gasteiger partial charge in [0.1, 0.15) is 11.6 Å². The average Bonchev–Trinajstić information content (AvgIpc) is 3.03. The van der Waals surface area contributed by atoms with Crippen LogP contribution in [-0.4, -0.2) is 26.7 Å². The molecule has 0 spiro atoms. The molecular weight excluding hydrogens is 312 g/mol. The highest BCUT2D eigenvalue weighted by Crippen LogP contribution is 2.32. The van der Waals surface area contributed by atoms with E-state index in [0.717, 1.165) is 36.6 Å². The Morgan fingerprint density at radius 2 is 1.84 bits per heavy atom. The Hall–Kier alpha value is -2.17. The molecular formula is C20H26N4O. The SMILES string of the molecule is Cc1nnc2n1C[C@@H](NC(=O)c1ccc(C3CCCCC3)cc1)CC2. The van der Waals surface area contributed by atoms with Crippen molar-refractivity contribution in [3.63, 3.8) is 0 Å². The molecule has 1 aliphatic carbocycles. The summed E-state index contributed by atoms with van der Waals surface area (Å²) in [7, 11) is 0. The van der Waals surface area contributed by atoms with E-state index in [1.165, 1.54) is 37.7 Å². The zero-order valence-corrected chi connectivity index (χ0v) is 14.9. The maximum Gasteiger partial charge on any atom is 0.251 e. The quantitative estimate of drug-likeness (QED) is 0.933. The van der Waals surface area contributed by atoms with Crippen molar-refractivity contribution in [1.82, 2.24) is 20.1 Å². The second kappa shape index (κ2) is 6.98. The van der Waals surface area contributed by atoms with Gasteiger partial charge >= 0.3 is 0 Å². The highest BCUT2D eigenvalue weighted by molar-refractivity contribution is 5.94. The van der Waals surface area contributed by atoms with Gasteiger partial charge in [0.05, 0.1) is 0 Å². The maximum atomic E-state index is 12.6. The van der Waals surface area contributed by atoms with E-state index in [9.17, 15) is 4.79 Å². The number of hydrogen-bond donors (Lipinski definition) is 1. The predicted octanol–water partition coefficient (Wildman–Crippen LogP) is 3.38. The molecule has 1 saturated carbocycles. The minimum atomic E-state index is 0.0226. The molecule has 0 bridgehead atoms. The molecule has 1 N–H and O–H groups in total. The summed E-state index contributed by atoms with van der Waals surface area (Å²) in [5.41, 5.74) is 2.14. The number of aromatic nitrogens is 3. The average molecular weight is 338 g/mol. The summed E-state index contributed by atoms with van der Waals surface area (Å²) in [6, 6.07) is 8.41. The Morgan fingerprint density at radius 1 is 1.08 bits per heavy atom. The first kappa shape index (κ1) is 16.3. The fraction of sp³-hybridized carbons (Fsp3) is 0.550. The first-order valence-corrected chi connectivity index (χ1v) is 9.50. The second-order valence-corrected chi connectivity index (χ2v) is 7.44. The van der Waals surface area contributed by atoms with Crippen LogP contribution < -0.4 is 5.32 Å². The van der Waals surface area contributed by atoms with Gasteiger partial charge in [0.2, 0.25) is 0 Å². The molecule has 132 valence electrons. The van der Waals surface area contributed by atoms with Crippen molar-refractivity contribution in [2.75, 3.05) is 0 Å². The van der Waals surface area contributed by atoms with Crippen LogP contribution in [0.1, 0.15) is 72.0 Å². The molecule has 25 heavy (non-hydrogen) atoms. The van der Waals surface area contributed by atoms with Gasteiger partial charge < -0.3 is 9.88 Å². The zero-order chi connectivity index (χ0) is 17.2. The number of rotatable bonds is 3. The molecule has 5 heteroatoms. The number of carbonyl (C=O) groups excluding carboxylic acids is 1. The minimum absolute atomic E-state index is 0.0226. The summed E-state index contributed by atoms with van der Waals surface area (Å²) in [5.74, 6) is 2.65. The number of amides is 1. The third kappa shape index (κ3) is 3.46. The van der Waals surface area contributed by atoms with Crippen LogP contribution >= 0.6 is 0 Å². The second-order valence-electron chi connectivity index (χ2n) is 7.44. The number of nitrogens with zero attached hydrogens (tertiary/aromatic N) is 3. The molecule has 1 fully saturated rings. The normalized spacial score (nSPS) is 20.9. The van der Waals surface area contributed by atoms with Crippen molar-refractivity contribution in [2.45, 2.75) is 70.4 Å². The molecule has 0 radical (unpaired) electrons. The molecule has 1 aromatic heterocycles. The first-order chi connectivity index (χ1) is 12.2. The van der Waals surface area contributed by atoms with Crippen molar-refractivity contribution in [3.8, 4) is 0 Å². The molecule has 1 aliphatic heterocycles. The van der Waals surface area contributed by atoms with Crippen LogP contribution in [0.3, 0.4) is 0 Å². The van der Waals surface area contributed by atoms with E-state index in [1.807, 2.05) is 19.1 Å². The topological polar surface area (TPSA) is 59.8 Å². The Morgan fingerprint density at radius 3 is 2.60 bits per heavy atom. The lowest BCUT2D eigenvalue weighted by Gasteiger charge is -2.25. The van der Waals surface area contributed by atoms with Crippen molar-refractivity contribution in [3.05, 3.63) is 47.0 Å². The fourth-order valence-electron chi connectivity index (χ4n) is 4.19. The van der Waals surface area contributed by atoms with Gasteiger partial charge in [-0.3, -0.25) is 4.79 Å². The van der Waals surface area contributed by atoms with Gasteiger partial charge in [-0.2, -0.15) is 0 Å². The van der Waals surface area contributed by atoms with Gasteiger partial charge in [-0.25, -0.2) is 0 Å². The standard InChI is InChI=1S/C20H26N4O/c1-14-22-23-19-12-11-18(13-24(14)19)21-20(25)17-9-7-16(8-10-17)15-5-3-2-4-6-15/h7-10,15,18H,2-6,11-13H2,1H3,(H,21,25)/t18-/m0/s1. The van der Waals surface area contributed by atoms with E-state index >= 15 is 0 Å². The predicted molar refractivity (Wildman–Crippen MR) is 96.6 cm³/mol. The third-order valence-corrected chi connectivity index (χ3v) is 5.72. The molecule has 1 atom stereocenters. The summed E-state index contributed by atoms with van der Waals surface area (Å²) in [4.78, 5) is 12.6. The van der Waals surface area contributed by atoms with Gasteiger partial charge in [-0.1, -0.05) is 31.4 Å². The maximum absolute atomic E-state index is 12.6. The van der Waals surface area contributed by atoms with Crippen LogP contribution in [0.5, 0.6) is 0 Å². The summed E-state index contributed by atoms with van der Waals surface area (Å²) < 4.78 is 2.11. The van der Waals surface area contributed by atoms with Gasteiger partial charge in [0.15, 0.2) is 0 Å². The van der Waals surface area contributed by atoms with Crippen LogP contribution in [0.25, 0.3) is 0 Å². The molecule has 2 aliphatic rings. The molecule has 2 aromatic rings. The number of benzene rings is 1. The zero-order valence-electron chi connectivity index (χ0n) is 14.9. The summed E-state index contributed by atoms with van der Waals surface area (Å²) in [6.45, 7) is 2.73. The Balaban J connectivity index is 1.39. The number of fused-ring (bicyclic) bond motifs is 1. The van der Waals surface area contributed by atoms with E-state index in [1.54, 1.807) is 0 Å². The highest BCUT2D eigenvalue weighted by Gasteiger charge is 2.23. The largest absolute Gasteiger partial charge is 0.347 e. The fourth-order valence-corrected chi connectivity index (χ4v) is 4.19. The van der Waals surface area contributed by atoms with Gasteiger partial charge in [0.25, 0.3) is 5.91 Å². The molecule has 2 heterocycles. The minimum Gasteiger partial charge on any atom is -0.347 e.